The highest BCUT2D eigenvalue weighted by atomic mass is 16.2. The van der Waals surface area contributed by atoms with Crippen LogP contribution >= 0.6 is 0 Å². The van der Waals surface area contributed by atoms with E-state index in [-0.39, 0.29) is 48.7 Å². The zero-order valence-corrected chi connectivity index (χ0v) is 19.9. The highest BCUT2D eigenvalue weighted by molar-refractivity contribution is 5.90. The molecule has 178 valence electrons. The first-order valence-corrected chi connectivity index (χ1v) is 11.9. The van der Waals surface area contributed by atoms with Gasteiger partial charge in [-0.25, -0.2) is 0 Å². The number of aryl methyl sites for hydroxylation is 1. The molecule has 1 fully saturated rings. The summed E-state index contributed by atoms with van der Waals surface area (Å²) in [6.07, 6.45) is 9.31. The van der Waals surface area contributed by atoms with Crippen molar-refractivity contribution in [3.63, 3.8) is 0 Å². The smallest absolute Gasteiger partial charge is 0.243 e. The van der Waals surface area contributed by atoms with Crippen LogP contribution in [0.3, 0.4) is 0 Å². The maximum absolute atomic E-state index is 13.4. The molecule has 0 spiro atoms. The third kappa shape index (κ3) is 5.94. The van der Waals surface area contributed by atoms with Gasteiger partial charge >= 0.3 is 0 Å². The molecule has 3 N–H and O–H groups in total. The number of likely N-dealkylation sites (N-methyl/N-ethyl adjacent to an activating group) is 1. The van der Waals surface area contributed by atoms with Gasteiger partial charge in [0.2, 0.25) is 17.7 Å². The number of fused-ring (bicyclic) bond motifs is 1. The van der Waals surface area contributed by atoms with Gasteiger partial charge in [-0.1, -0.05) is 31.2 Å². The Morgan fingerprint density at radius 3 is 2.76 bits per heavy atom. The van der Waals surface area contributed by atoms with E-state index in [2.05, 4.69) is 40.9 Å². The van der Waals surface area contributed by atoms with Crippen molar-refractivity contribution in [2.75, 3.05) is 20.1 Å². The number of rotatable bonds is 8. The maximum Gasteiger partial charge on any atom is 0.243 e. The summed E-state index contributed by atoms with van der Waals surface area (Å²) in [5.41, 5.74) is 2.45. The number of benzene rings is 1. The molecule has 2 aliphatic rings. The fourth-order valence-electron chi connectivity index (χ4n) is 4.84. The van der Waals surface area contributed by atoms with Gasteiger partial charge in [0.15, 0.2) is 0 Å². The van der Waals surface area contributed by atoms with E-state index in [1.165, 1.54) is 11.1 Å². The summed E-state index contributed by atoms with van der Waals surface area (Å²) < 4.78 is 0. The van der Waals surface area contributed by atoms with E-state index >= 15 is 0 Å². The quantitative estimate of drug-likeness (QED) is 0.525. The lowest BCUT2D eigenvalue weighted by atomic mass is 9.87. The zero-order valence-electron chi connectivity index (χ0n) is 19.9. The zero-order chi connectivity index (χ0) is 24.0. The first-order chi connectivity index (χ1) is 15.8. The molecule has 7 heteroatoms. The minimum atomic E-state index is -0.556. The number of amides is 3. The minimum Gasteiger partial charge on any atom is -0.354 e. The average molecular weight is 453 g/mol. The summed E-state index contributed by atoms with van der Waals surface area (Å²) in [7, 11) is 1.70. The van der Waals surface area contributed by atoms with Crippen LogP contribution < -0.4 is 16.0 Å². The molecule has 0 unspecified atom stereocenters. The van der Waals surface area contributed by atoms with Crippen LogP contribution in [0.2, 0.25) is 0 Å². The Hall–Kier alpha value is -2.85. The molecule has 1 heterocycles. The molecular formula is C26H36N4O3. The number of hydrogen-bond acceptors (Lipinski definition) is 4. The van der Waals surface area contributed by atoms with E-state index in [0.717, 1.165) is 19.3 Å². The average Bonchev–Trinajstić information content (AvgIpc) is 3.22. The molecule has 0 aromatic heterocycles. The van der Waals surface area contributed by atoms with Crippen LogP contribution in [0, 0.1) is 24.2 Å². The minimum absolute atomic E-state index is 0.0286. The molecular weight excluding hydrogens is 416 g/mol. The number of carbonyl (C=O) groups is 3. The Morgan fingerprint density at radius 1 is 1.27 bits per heavy atom. The maximum atomic E-state index is 13.4. The van der Waals surface area contributed by atoms with E-state index in [1.807, 2.05) is 12.1 Å². The van der Waals surface area contributed by atoms with Crippen LogP contribution in [0.15, 0.2) is 24.3 Å². The van der Waals surface area contributed by atoms with Gasteiger partial charge in [-0.05, 0) is 56.7 Å². The molecule has 7 nitrogen and oxygen atoms in total. The monoisotopic (exact) mass is 452 g/mol. The van der Waals surface area contributed by atoms with E-state index in [1.54, 1.807) is 18.9 Å². The molecule has 1 aliphatic heterocycles. The first kappa shape index (κ1) is 24.8. The normalized spacial score (nSPS) is 23.7. The van der Waals surface area contributed by atoms with Crippen molar-refractivity contribution in [3.8, 4) is 12.3 Å². The van der Waals surface area contributed by atoms with Gasteiger partial charge in [0.05, 0.1) is 18.0 Å². The van der Waals surface area contributed by atoms with Gasteiger partial charge in [-0.15, -0.1) is 12.3 Å². The number of nitrogens with zero attached hydrogens (tertiary/aromatic N) is 1. The molecule has 5 atom stereocenters. The largest absolute Gasteiger partial charge is 0.354 e. The van der Waals surface area contributed by atoms with Crippen LogP contribution in [0.4, 0.5) is 0 Å². The third-order valence-electron chi connectivity index (χ3n) is 6.84. The fourth-order valence-corrected chi connectivity index (χ4v) is 4.84. The predicted octanol–water partition coefficient (Wildman–Crippen LogP) is 1.78. The SMILES string of the molecule is C#CC[C@H](CNC(=O)[C@H](C)NC)C(=O)N1C[C@@H](C)C[C@H]1C(=O)N[C@@H]1CCCc2ccccc21. The second kappa shape index (κ2) is 11.3. The standard InChI is InChI=1S/C26H36N4O3/c1-5-9-20(15-28-24(31)18(3)27-4)26(33)30-16-17(2)14-23(30)25(32)29-22-13-8-11-19-10-6-7-12-21(19)22/h1,6-7,10,12,17-18,20,22-23,27H,8-9,11,13-16H2,2-4H3,(H,28,31)(H,29,32)/t17-,18-,20+,22+,23-/m0/s1. The number of terminal acetylenes is 1. The Kier molecular flexibility index (Phi) is 8.51. The Labute approximate surface area is 197 Å². The summed E-state index contributed by atoms with van der Waals surface area (Å²) >= 11 is 0. The Balaban J connectivity index is 1.69. The highest BCUT2D eigenvalue weighted by Crippen LogP contribution is 2.31. The van der Waals surface area contributed by atoms with Gasteiger partial charge in [0.25, 0.3) is 0 Å². The van der Waals surface area contributed by atoms with Gasteiger partial charge in [-0.2, -0.15) is 0 Å². The lowest BCUT2D eigenvalue weighted by Crippen LogP contribution is -2.51. The second-order valence-corrected chi connectivity index (χ2v) is 9.36. The van der Waals surface area contributed by atoms with E-state index < -0.39 is 12.0 Å². The molecule has 33 heavy (non-hydrogen) atoms. The van der Waals surface area contributed by atoms with E-state index in [0.29, 0.717) is 13.0 Å². The van der Waals surface area contributed by atoms with Crippen molar-refractivity contribution in [2.24, 2.45) is 11.8 Å². The van der Waals surface area contributed by atoms with Crippen LogP contribution in [0.25, 0.3) is 0 Å². The molecule has 1 saturated heterocycles. The number of hydrogen-bond donors (Lipinski definition) is 3. The molecule has 0 bridgehead atoms. The fraction of sp³-hybridized carbons (Fsp3) is 0.577. The lowest BCUT2D eigenvalue weighted by Gasteiger charge is -2.31. The third-order valence-corrected chi connectivity index (χ3v) is 6.84. The number of likely N-dealkylation sites (tertiary alicyclic amines) is 1. The van der Waals surface area contributed by atoms with Crippen LogP contribution in [-0.2, 0) is 20.8 Å². The molecule has 3 rings (SSSR count). The lowest BCUT2D eigenvalue weighted by molar-refractivity contribution is -0.142. The summed E-state index contributed by atoms with van der Waals surface area (Å²) in [6, 6.07) is 7.32. The molecule has 0 saturated carbocycles. The van der Waals surface area contributed by atoms with Crippen molar-refractivity contribution >= 4 is 17.7 Å². The molecule has 1 aliphatic carbocycles. The number of nitrogens with one attached hydrogen (secondary N) is 3. The summed E-state index contributed by atoms with van der Waals surface area (Å²) in [4.78, 5) is 40.6. The number of carbonyl (C=O) groups excluding carboxylic acids is 3. The first-order valence-electron chi connectivity index (χ1n) is 11.9. The topological polar surface area (TPSA) is 90.5 Å². The second-order valence-electron chi connectivity index (χ2n) is 9.36. The van der Waals surface area contributed by atoms with Crippen LogP contribution in [-0.4, -0.2) is 54.8 Å². The van der Waals surface area contributed by atoms with E-state index in [4.69, 9.17) is 6.42 Å². The molecule has 3 amide bonds. The highest BCUT2D eigenvalue weighted by Gasteiger charge is 2.40. The summed E-state index contributed by atoms with van der Waals surface area (Å²) in [5.74, 6) is 1.75. The van der Waals surface area contributed by atoms with Gasteiger partial charge in [0.1, 0.15) is 6.04 Å². The molecule has 1 aromatic carbocycles. The van der Waals surface area contributed by atoms with Crippen molar-refractivity contribution in [1.29, 1.82) is 0 Å². The van der Waals surface area contributed by atoms with E-state index in [9.17, 15) is 14.4 Å². The Morgan fingerprint density at radius 2 is 2.03 bits per heavy atom. The summed E-state index contributed by atoms with van der Waals surface area (Å²) in [6.45, 7) is 4.47. The van der Waals surface area contributed by atoms with Crippen molar-refractivity contribution in [3.05, 3.63) is 35.4 Å². The molecule has 1 aromatic rings. The molecule has 0 radical (unpaired) electrons. The van der Waals surface area contributed by atoms with Gasteiger partial charge in [-0.3, -0.25) is 14.4 Å². The van der Waals surface area contributed by atoms with Crippen LogP contribution in [0.1, 0.15) is 56.7 Å². The van der Waals surface area contributed by atoms with Crippen LogP contribution in [0.5, 0.6) is 0 Å². The van der Waals surface area contributed by atoms with Gasteiger partial charge < -0.3 is 20.9 Å². The van der Waals surface area contributed by atoms with Gasteiger partial charge in [0, 0.05) is 19.5 Å². The van der Waals surface area contributed by atoms with Crippen molar-refractivity contribution < 1.29 is 14.4 Å². The predicted molar refractivity (Wildman–Crippen MR) is 128 cm³/mol. The summed E-state index contributed by atoms with van der Waals surface area (Å²) in [5, 5.41) is 8.90. The van der Waals surface area contributed by atoms with Crippen molar-refractivity contribution in [1.82, 2.24) is 20.9 Å². The Bertz CT molecular complexity index is 909. The van der Waals surface area contributed by atoms with Crippen molar-refractivity contribution in [2.45, 2.75) is 64.1 Å².